The summed E-state index contributed by atoms with van der Waals surface area (Å²) >= 11 is 0. The molecule has 100 valence electrons. The van der Waals surface area contributed by atoms with E-state index < -0.39 is 0 Å². The summed E-state index contributed by atoms with van der Waals surface area (Å²) in [5.41, 5.74) is 1.63. The van der Waals surface area contributed by atoms with E-state index in [-0.39, 0.29) is 0 Å². The van der Waals surface area contributed by atoms with E-state index in [0.29, 0.717) is 6.04 Å². The second-order valence-electron chi connectivity index (χ2n) is 6.31. The van der Waals surface area contributed by atoms with Crippen molar-refractivity contribution < 1.29 is 0 Å². The van der Waals surface area contributed by atoms with E-state index in [1.54, 1.807) is 5.57 Å². The molecule has 0 spiro atoms. The van der Waals surface area contributed by atoms with Gasteiger partial charge >= 0.3 is 0 Å². The maximum Gasteiger partial charge on any atom is 0.00105 e. The molecule has 0 aromatic carbocycles. The van der Waals surface area contributed by atoms with Crippen molar-refractivity contribution in [3.63, 3.8) is 0 Å². The molecule has 3 unspecified atom stereocenters. The standard InChI is InChI=1S/C16H31N/c1-12(2)17-10-6-7-14(4)16-9-8-13(3)15(5)11-16/h7,12-13,15-17H,6,8-11H2,1-5H3. The van der Waals surface area contributed by atoms with E-state index in [1.165, 1.54) is 25.7 Å². The lowest BCUT2D eigenvalue weighted by atomic mass is 9.73. The fourth-order valence-electron chi connectivity index (χ4n) is 2.80. The van der Waals surface area contributed by atoms with E-state index in [9.17, 15) is 0 Å². The Bertz CT molecular complexity index is 242. The van der Waals surface area contributed by atoms with Crippen molar-refractivity contribution in [3.8, 4) is 0 Å². The first-order valence-electron chi connectivity index (χ1n) is 7.40. The molecular weight excluding hydrogens is 206 g/mol. The molecule has 0 radical (unpaired) electrons. The van der Waals surface area contributed by atoms with Crippen molar-refractivity contribution in [3.05, 3.63) is 11.6 Å². The van der Waals surface area contributed by atoms with Gasteiger partial charge in [0.05, 0.1) is 0 Å². The number of hydrogen-bond donors (Lipinski definition) is 1. The van der Waals surface area contributed by atoms with E-state index in [2.05, 4.69) is 46.0 Å². The summed E-state index contributed by atoms with van der Waals surface area (Å²) in [7, 11) is 0. The summed E-state index contributed by atoms with van der Waals surface area (Å²) in [5, 5.41) is 3.48. The van der Waals surface area contributed by atoms with Gasteiger partial charge in [0, 0.05) is 6.04 Å². The average Bonchev–Trinajstić information content (AvgIpc) is 2.27. The Hall–Kier alpha value is -0.300. The van der Waals surface area contributed by atoms with Crippen molar-refractivity contribution in [2.75, 3.05) is 6.54 Å². The zero-order valence-electron chi connectivity index (χ0n) is 12.4. The summed E-state index contributed by atoms with van der Waals surface area (Å²) in [5.74, 6) is 2.70. The SMILES string of the molecule is CC(=CCCNC(C)C)C1CCC(C)C(C)C1. The van der Waals surface area contributed by atoms with Gasteiger partial charge < -0.3 is 5.32 Å². The molecule has 1 aliphatic rings. The molecule has 0 bridgehead atoms. The Morgan fingerprint density at radius 1 is 1.24 bits per heavy atom. The Morgan fingerprint density at radius 2 is 1.94 bits per heavy atom. The zero-order valence-corrected chi connectivity index (χ0v) is 12.4. The molecule has 0 aliphatic heterocycles. The summed E-state index contributed by atoms with van der Waals surface area (Å²) in [4.78, 5) is 0. The third-order valence-corrected chi connectivity index (χ3v) is 4.41. The van der Waals surface area contributed by atoms with Crippen LogP contribution in [-0.2, 0) is 0 Å². The molecule has 0 aromatic heterocycles. The van der Waals surface area contributed by atoms with Crippen LogP contribution in [0.3, 0.4) is 0 Å². The van der Waals surface area contributed by atoms with Gasteiger partial charge in [-0.15, -0.1) is 0 Å². The Morgan fingerprint density at radius 3 is 2.53 bits per heavy atom. The van der Waals surface area contributed by atoms with Crippen molar-refractivity contribution in [1.82, 2.24) is 5.32 Å². The van der Waals surface area contributed by atoms with Crippen LogP contribution in [0.2, 0.25) is 0 Å². The number of nitrogens with one attached hydrogen (secondary N) is 1. The minimum atomic E-state index is 0.610. The van der Waals surface area contributed by atoms with Crippen LogP contribution in [0.15, 0.2) is 11.6 Å². The molecule has 1 rings (SSSR count). The van der Waals surface area contributed by atoms with Gasteiger partial charge in [-0.1, -0.05) is 39.3 Å². The largest absolute Gasteiger partial charge is 0.314 e. The van der Waals surface area contributed by atoms with Gasteiger partial charge in [0.25, 0.3) is 0 Å². The fourth-order valence-corrected chi connectivity index (χ4v) is 2.80. The van der Waals surface area contributed by atoms with E-state index in [4.69, 9.17) is 0 Å². The Kier molecular flexibility index (Phi) is 6.26. The Labute approximate surface area is 108 Å². The lowest BCUT2D eigenvalue weighted by Gasteiger charge is -2.32. The van der Waals surface area contributed by atoms with Gasteiger partial charge in [-0.05, 0) is 56.9 Å². The molecule has 0 aromatic rings. The smallest absolute Gasteiger partial charge is 0.00105 e. The molecule has 0 saturated heterocycles. The van der Waals surface area contributed by atoms with Crippen molar-refractivity contribution in [2.24, 2.45) is 17.8 Å². The molecule has 1 N–H and O–H groups in total. The summed E-state index contributed by atoms with van der Waals surface area (Å²) < 4.78 is 0. The molecule has 1 aliphatic carbocycles. The number of hydrogen-bond acceptors (Lipinski definition) is 1. The van der Waals surface area contributed by atoms with Crippen LogP contribution in [0.4, 0.5) is 0 Å². The second-order valence-corrected chi connectivity index (χ2v) is 6.31. The van der Waals surface area contributed by atoms with Gasteiger partial charge in [0.15, 0.2) is 0 Å². The van der Waals surface area contributed by atoms with Crippen molar-refractivity contribution in [2.45, 2.75) is 66.3 Å². The molecule has 1 nitrogen and oxygen atoms in total. The maximum absolute atomic E-state index is 3.48. The molecule has 1 fully saturated rings. The predicted octanol–water partition coefficient (Wildman–Crippen LogP) is 4.39. The molecule has 0 heterocycles. The third kappa shape index (κ3) is 5.25. The van der Waals surface area contributed by atoms with Gasteiger partial charge in [-0.25, -0.2) is 0 Å². The van der Waals surface area contributed by atoms with E-state index >= 15 is 0 Å². The maximum atomic E-state index is 3.48. The molecular formula is C16H31N. The Balaban J connectivity index is 2.31. The van der Waals surface area contributed by atoms with Crippen molar-refractivity contribution in [1.29, 1.82) is 0 Å². The first kappa shape index (κ1) is 14.8. The lowest BCUT2D eigenvalue weighted by Crippen LogP contribution is -2.23. The second kappa shape index (κ2) is 7.20. The lowest BCUT2D eigenvalue weighted by molar-refractivity contribution is 0.229. The van der Waals surface area contributed by atoms with Crippen LogP contribution in [0.5, 0.6) is 0 Å². The van der Waals surface area contributed by atoms with E-state index in [1.807, 2.05) is 0 Å². The molecule has 3 atom stereocenters. The molecule has 1 saturated carbocycles. The van der Waals surface area contributed by atoms with E-state index in [0.717, 1.165) is 24.3 Å². The fraction of sp³-hybridized carbons (Fsp3) is 0.875. The monoisotopic (exact) mass is 237 g/mol. The third-order valence-electron chi connectivity index (χ3n) is 4.41. The van der Waals surface area contributed by atoms with Gasteiger partial charge in [-0.2, -0.15) is 0 Å². The van der Waals surface area contributed by atoms with Gasteiger partial charge in [0.1, 0.15) is 0 Å². The minimum absolute atomic E-state index is 0.610. The first-order valence-corrected chi connectivity index (χ1v) is 7.40. The van der Waals surface area contributed by atoms with Crippen LogP contribution in [0.1, 0.15) is 60.3 Å². The average molecular weight is 237 g/mol. The van der Waals surface area contributed by atoms with Crippen LogP contribution in [0, 0.1) is 17.8 Å². The van der Waals surface area contributed by atoms with Crippen LogP contribution in [0.25, 0.3) is 0 Å². The highest BCUT2D eigenvalue weighted by Gasteiger charge is 2.24. The van der Waals surface area contributed by atoms with Gasteiger partial charge in [-0.3, -0.25) is 0 Å². The topological polar surface area (TPSA) is 12.0 Å². The molecule has 1 heteroatoms. The summed E-state index contributed by atoms with van der Waals surface area (Å²) in [6.07, 6.45) is 7.88. The highest BCUT2D eigenvalue weighted by atomic mass is 14.9. The normalized spacial score (nSPS) is 30.9. The quantitative estimate of drug-likeness (QED) is 0.552. The molecule has 0 amide bonds. The minimum Gasteiger partial charge on any atom is -0.314 e. The highest BCUT2D eigenvalue weighted by molar-refractivity contribution is 5.05. The highest BCUT2D eigenvalue weighted by Crippen LogP contribution is 2.36. The van der Waals surface area contributed by atoms with Crippen LogP contribution >= 0.6 is 0 Å². The van der Waals surface area contributed by atoms with Crippen molar-refractivity contribution >= 4 is 0 Å². The first-order chi connectivity index (χ1) is 8.00. The summed E-state index contributed by atoms with van der Waals surface area (Å²) in [6.45, 7) is 12.7. The van der Waals surface area contributed by atoms with Crippen LogP contribution < -0.4 is 5.32 Å². The number of allylic oxidation sites excluding steroid dienone is 1. The van der Waals surface area contributed by atoms with Gasteiger partial charge in [0.2, 0.25) is 0 Å². The van der Waals surface area contributed by atoms with Crippen LogP contribution in [-0.4, -0.2) is 12.6 Å². The summed E-state index contributed by atoms with van der Waals surface area (Å²) in [6, 6.07) is 0.610. The number of rotatable bonds is 5. The predicted molar refractivity (Wildman–Crippen MR) is 77.2 cm³/mol. The molecule has 17 heavy (non-hydrogen) atoms. The zero-order chi connectivity index (χ0) is 12.8.